The number of aryl methyl sites for hydroxylation is 1. The minimum Gasteiger partial charge on any atom is -0.341 e. The maximum absolute atomic E-state index is 13.4. The molecule has 1 aromatic heterocycles. The summed E-state index contributed by atoms with van der Waals surface area (Å²) in [6.07, 6.45) is 2.77. The summed E-state index contributed by atoms with van der Waals surface area (Å²) < 4.78 is 13.9. The molecule has 1 saturated heterocycles. The van der Waals surface area contributed by atoms with Gasteiger partial charge in [0.25, 0.3) is 5.56 Å². The van der Waals surface area contributed by atoms with Gasteiger partial charge in [-0.1, -0.05) is 25.1 Å². The van der Waals surface area contributed by atoms with Crippen LogP contribution in [0.4, 0.5) is 15.9 Å². The number of halogens is 1. The Morgan fingerprint density at radius 2 is 2.07 bits per heavy atom. The molecule has 1 aromatic carbocycles. The van der Waals surface area contributed by atoms with Crippen molar-refractivity contribution in [2.45, 2.75) is 38.8 Å². The van der Waals surface area contributed by atoms with Crippen LogP contribution in [0.5, 0.6) is 0 Å². The van der Waals surface area contributed by atoms with Crippen LogP contribution in [-0.4, -0.2) is 46.4 Å². The number of para-hydroxylation sites is 1. The van der Waals surface area contributed by atoms with Crippen molar-refractivity contribution >= 4 is 17.4 Å². The third kappa shape index (κ3) is 3.41. The number of carbonyl (C=O) groups is 1. The molecule has 0 aliphatic carbocycles. The van der Waals surface area contributed by atoms with Crippen LogP contribution < -0.4 is 10.5 Å². The summed E-state index contributed by atoms with van der Waals surface area (Å²) in [6.45, 7) is 2.97. The number of benzene rings is 1. The number of hydrogen-bond acceptors (Lipinski definition) is 4. The fourth-order valence-corrected chi connectivity index (χ4v) is 4.27. The molecule has 2 aliphatic heterocycles. The number of likely N-dealkylation sites (tertiary alicyclic amines) is 1. The molecule has 1 fully saturated rings. The third-order valence-electron chi connectivity index (χ3n) is 5.63. The van der Waals surface area contributed by atoms with Crippen LogP contribution in [0, 0.1) is 5.92 Å². The highest BCUT2D eigenvalue weighted by molar-refractivity contribution is 5.91. The van der Waals surface area contributed by atoms with E-state index in [0.717, 1.165) is 41.9 Å². The first-order valence-electron chi connectivity index (χ1n) is 9.88. The number of piperidine rings is 1. The number of hydrogen-bond donors (Lipinski definition) is 0. The Bertz CT molecular complexity index is 929. The van der Waals surface area contributed by atoms with E-state index in [4.69, 9.17) is 0 Å². The fraction of sp³-hybridized carbons (Fsp3) is 0.476. The molecule has 0 N–H and O–H groups in total. The van der Waals surface area contributed by atoms with Gasteiger partial charge in [0.05, 0.1) is 6.54 Å². The summed E-state index contributed by atoms with van der Waals surface area (Å²) >= 11 is 0. The average molecular weight is 384 g/mol. The van der Waals surface area contributed by atoms with Gasteiger partial charge >= 0.3 is 0 Å². The third-order valence-corrected chi connectivity index (χ3v) is 5.63. The van der Waals surface area contributed by atoms with Crippen molar-refractivity contribution in [1.29, 1.82) is 0 Å². The van der Waals surface area contributed by atoms with E-state index >= 15 is 0 Å². The van der Waals surface area contributed by atoms with Crippen molar-refractivity contribution in [2.75, 3.05) is 24.7 Å². The summed E-state index contributed by atoms with van der Waals surface area (Å²) in [5, 5.41) is 4.35. The second kappa shape index (κ2) is 7.73. The van der Waals surface area contributed by atoms with Crippen molar-refractivity contribution in [3.05, 3.63) is 52.3 Å². The highest BCUT2D eigenvalue weighted by Crippen LogP contribution is 2.38. The molecule has 2 unspecified atom stereocenters. The van der Waals surface area contributed by atoms with Crippen molar-refractivity contribution in [1.82, 2.24) is 14.7 Å². The Morgan fingerprint density at radius 1 is 1.25 bits per heavy atom. The van der Waals surface area contributed by atoms with Crippen molar-refractivity contribution in [3.8, 4) is 0 Å². The Kier molecular flexibility index (Phi) is 5.15. The molecule has 4 rings (SSSR count). The first-order valence-corrected chi connectivity index (χ1v) is 9.88. The van der Waals surface area contributed by atoms with Crippen LogP contribution in [0.1, 0.15) is 25.3 Å². The van der Waals surface area contributed by atoms with Gasteiger partial charge in [-0.25, -0.2) is 9.07 Å². The molecule has 6 nitrogen and oxygen atoms in total. The molecule has 0 radical (unpaired) electrons. The van der Waals surface area contributed by atoms with Gasteiger partial charge in [0.2, 0.25) is 5.91 Å². The monoisotopic (exact) mass is 384 g/mol. The molecule has 0 saturated carbocycles. The predicted molar refractivity (Wildman–Crippen MR) is 106 cm³/mol. The molecule has 2 atom stereocenters. The number of fused-ring (bicyclic) bond motifs is 1. The standard InChI is InChI=1S/C21H25FN4O2/c1-15-5-4-11-24(14-15)21(28)18-13-16-6-2-3-7-17(16)26(18)19-8-9-20(27)25(23-19)12-10-22/h2-3,6-9,15,18H,4-5,10-14H2,1H3. The fourth-order valence-electron chi connectivity index (χ4n) is 4.27. The summed E-state index contributed by atoms with van der Waals surface area (Å²) in [5.41, 5.74) is 1.65. The summed E-state index contributed by atoms with van der Waals surface area (Å²) in [6, 6.07) is 10.5. The number of carbonyl (C=O) groups excluding carboxylic acids is 1. The van der Waals surface area contributed by atoms with Gasteiger partial charge in [0.15, 0.2) is 5.82 Å². The zero-order valence-electron chi connectivity index (χ0n) is 16.1. The molecule has 7 heteroatoms. The lowest BCUT2D eigenvalue weighted by Crippen LogP contribution is -2.49. The average Bonchev–Trinajstić information content (AvgIpc) is 3.09. The van der Waals surface area contributed by atoms with Gasteiger partial charge in [-0.3, -0.25) is 9.59 Å². The summed E-state index contributed by atoms with van der Waals surface area (Å²) in [5.74, 6) is 1.09. The van der Waals surface area contributed by atoms with Gasteiger partial charge in [0.1, 0.15) is 12.7 Å². The van der Waals surface area contributed by atoms with E-state index in [0.29, 0.717) is 18.2 Å². The van der Waals surface area contributed by atoms with Crippen LogP contribution in [0.3, 0.4) is 0 Å². The summed E-state index contributed by atoms with van der Waals surface area (Å²) in [4.78, 5) is 29.2. The van der Waals surface area contributed by atoms with Crippen LogP contribution >= 0.6 is 0 Å². The number of rotatable bonds is 4. The minimum atomic E-state index is -0.666. The molecular weight excluding hydrogens is 359 g/mol. The Hall–Kier alpha value is -2.70. The van der Waals surface area contributed by atoms with Crippen molar-refractivity contribution in [2.24, 2.45) is 5.92 Å². The largest absolute Gasteiger partial charge is 0.341 e. The lowest BCUT2D eigenvalue weighted by atomic mass is 9.99. The SMILES string of the molecule is CC1CCCN(C(=O)C2Cc3ccccc3N2c2ccc(=O)n(CCF)n2)C1. The van der Waals surface area contributed by atoms with Crippen LogP contribution in [0.2, 0.25) is 0 Å². The molecule has 2 aliphatic rings. The van der Waals surface area contributed by atoms with Gasteiger partial charge in [0, 0.05) is 31.3 Å². The first-order chi connectivity index (χ1) is 13.6. The molecule has 28 heavy (non-hydrogen) atoms. The Labute approximate surface area is 163 Å². The molecule has 148 valence electrons. The van der Waals surface area contributed by atoms with E-state index in [-0.39, 0.29) is 18.0 Å². The number of anilines is 2. The normalized spacial score (nSPS) is 21.6. The van der Waals surface area contributed by atoms with E-state index < -0.39 is 12.7 Å². The first kappa shape index (κ1) is 18.7. The van der Waals surface area contributed by atoms with Gasteiger partial charge in [-0.05, 0) is 36.5 Å². The Morgan fingerprint density at radius 3 is 2.86 bits per heavy atom. The maximum Gasteiger partial charge on any atom is 0.266 e. The zero-order valence-corrected chi connectivity index (χ0v) is 16.1. The van der Waals surface area contributed by atoms with Crippen molar-refractivity contribution < 1.29 is 9.18 Å². The number of aromatic nitrogens is 2. The number of amides is 1. The van der Waals surface area contributed by atoms with Gasteiger partial charge in [-0.2, -0.15) is 5.10 Å². The number of nitrogens with zero attached hydrogens (tertiary/aromatic N) is 4. The second-order valence-electron chi connectivity index (χ2n) is 7.69. The molecule has 1 amide bonds. The quantitative estimate of drug-likeness (QED) is 0.813. The minimum absolute atomic E-state index is 0.0905. The van der Waals surface area contributed by atoms with Gasteiger partial charge < -0.3 is 9.80 Å². The van der Waals surface area contributed by atoms with E-state index in [2.05, 4.69) is 12.0 Å². The predicted octanol–water partition coefficient (Wildman–Crippen LogP) is 2.53. The molecule has 0 spiro atoms. The zero-order chi connectivity index (χ0) is 19.7. The van der Waals surface area contributed by atoms with Crippen LogP contribution in [0.15, 0.2) is 41.2 Å². The van der Waals surface area contributed by atoms with Crippen LogP contribution in [0.25, 0.3) is 0 Å². The number of alkyl halides is 1. The highest BCUT2D eigenvalue weighted by Gasteiger charge is 2.39. The molecule has 3 heterocycles. The topological polar surface area (TPSA) is 58.4 Å². The lowest BCUT2D eigenvalue weighted by molar-refractivity contribution is -0.134. The van der Waals surface area contributed by atoms with Crippen molar-refractivity contribution in [3.63, 3.8) is 0 Å². The molecular formula is C21H25FN4O2. The van der Waals surface area contributed by atoms with E-state index in [1.807, 2.05) is 34.1 Å². The Balaban J connectivity index is 1.72. The maximum atomic E-state index is 13.4. The van der Waals surface area contributed by atoms with Gasteiger partial charge in [-0.15, -0.1) is 0 Å². The summed E-state index contributed by atoms with van der Waals surface area (Å²) in [7, 11) is 0. The second-order valence-corrected chi connectivity index (χ2v) is 7.69. The smallest absolute Gasteiger partial charge is 0.266 e. The lowest BCUT2D eigenvalue weighted by Gasteiger charge is -2.35. The highest BCUT2D eigenvalue weighted by atomic mass is 19.1. The molecule has 0 bridgehead atoms. The van der Waals surface area contributed by atoms with Crippen LogP contribution in [-0.2, 0) is 17.8 Å². The van der Waals surface area contributed by atoms with E-state index in [1.165, 1.54) is 6.07 Å². The molecule has 2 aromatic rings. The van der Waals surface area contributed by atoms with E-state index in [9.17, 15) is 14.0 Å². The van der Waals surface area contributed by atoms with E-state index in [1.54, 1.807) is 6.07 Å².